The maximum absolute atomic E-state index is 11.5. The lowest BCUT2D eigenvalue weighted by Gasteiger charge is -2.05. The Labute approximate surface area is 87.5 Å². The number of rotatable bonds is 4. The zero-order valence-corrected chi connectivity index (χ0v) is 8.62. The Bertz CT molecular complexity index is 430. The van der Waals surface area contributed by atoms with Crippen LogP contribution in [0.1, 0.15) is 0 Å². The largest absolute Gasteiger partial charge is 0.293 e. The van der Waals surface area contributed by atoms with Gasteiger partial charge in [0.05, 0.1) is 11.4 Å². The minimum absolute atomic E-state index is 0.106. The van der Waals surface area contributed by atoms with Gasteiger partial charge in [0.1, 0.15) is 0 Å². The number of amides is 1. The van der Waals surface area contributed by atoms with Gasteiger partial charge in [0.15, 0.2) is 0 Å². The van der Waals surface area contributed by atoms with E-state index in [0.717, 1.165) is 0 Å². The van der Waals surface area contributed by atoms with Gasteiger partial charge in [-0.1, -0.05) is 18.2 Å². The molecular weight excluding hydrogens is 218 g/mol. The molecule has 0 aliphatic rings. The molecule has 0 heterocycles. The van der Waals surface area contributed by atoms with Crippen molar-refractivity contribution in [2.45, 2.75) is 4.90 Å². The molecule has 0 bridgehead atoms. The van der Waals surface area contributed by atoms with Gasteiger partial charge < -0.3 is 0 Å². The number of nitrogens with one attached hydrogen (secondary N) is 2. The molecule has 0 saturated carbocycles. The van der Waals surface area contributed by atoms with Crippen LogP contribution in [0.25, 0.3) is 0 Å². The van der Waals surface area contributed by atoms with E-state index >= 15 is 0 Å². The topological polar surface area (TPSA) is 101 Å². The summed E-state index contributed by atoms with van der Waals surface area (Å²) in [5.41, 5.74) is 1.82. The summed E-state index contributed by atoms with van der Waals surface area (Å²) in [6.45, 7) is -0.381. The highest BCUT2D eigenvalue weighted by atomic mass is 32.2. The number of hydrazine groups is 1. The SMILES string of the molecule is NNC(=O)CNS(=O)(=O)c1ccccc1. The molecule has 1 rings (SSSR count). The number of nitrogens with two attached hydrogens (primary N) is 1. The second-order valence-electron chi connectivity index (χ2n) is 2.71. The van der Waals surface area contributed by atoms with Crippen molar-refractivity contribution < 1.29 is 13.2 Å². The molecule has 0 atom stereocenters. The third-order valence-electron chi connectivity index (χ3n) is 1.64. The van der Waals surface area contributed by atoms with Crippen molar-refractivity contribution >= 4 is 15.9 Å². The Hall–Kier alpha value is -1.44. The van der Waals surface area contributed by atoms with Crippen LogP contribution in [0, 0.1) is 0 Å². The molecule has 0 unspecified atom stereocenters. The van der Waals surface area contributed by atoms with Crippen molar-refractivity contribution in [2.75, 3.05) is 6.54 Å². The minimum Gasteiger partial charge on any atom is -0.293 e. The van der Waals surface area contributed by atoms with E-state index in [-0.39, 0.29) is 11.4 Å². The van der Waals surface area contributed by atoms with Gasteiger partial charge in [-0.2, -0.15) is 0 Å². The Balaban J connectivity index is 2.73. The molecular formula is C8H11N3O3S. The number of sulfonamides is 1. The second kappa shape index (κ2) is 4.87. The van der Waals surface area contributed by atoms with Crippen molar-refractivity contribution in [3.05, 3.63) is 30.3 Å². The molecule has 0 aliphatic carbocycles. The summed E-state index contributed by atoms with van der Waals surface area (Å²) in [4.78, 5) is 10.8. The lowest BCUT2D eigenvalue weighted by atomic mass is 10.4. The molecule has 15 heavy (non-hydrogen) atoms. The van der Waals surface area contributed by atoms with E-state index in [1.807, 2.05) is 5.43 Å². The average Bonchev–Trinajstić information content (AvgIpc) is 2.27. The van der Waals surface area contributed by atoms with Crippen LogP contribution in [0.5, 0.6) is 0 Å². The highest BCUT2D eigenvalue weighted by Gasteiger charge is 2.13. The van der Waals surface area contributed by atoms with E-state index in [9.17, 15) is 13.2 Å². The first-order valence-electron chi connectivity index (χ1n) is 4.10. The maximum Gasteiger partial charge on any atom is 0.248 e. The summed E-state index contributed by atoms with van der Waals surface area (Å²) in [5, 5.41) is 0. The molecule has 0 spiro atoms. The van der Waals surface area contributed by atoms with Crippen LogP contribution in [0.3, 0.4) is 0 Å². The first-order chi connectivity index (χ1) is 7.06. The van der Waals surface area contributed by atoms with E-state index in [1.54, 1.807) is 18.2 Å². The predicted molar refractivity (Wildman–Crippen MR) is 54.0 cm³/mol. The van der Waals surface area contributed by atoms with Crippen LogP contribution in [0.2, 0.25) is 0 Å². The standard InChI is InChI=1S/C8H11N3O3S/c9-11-8(12)6-10-15(13,14)7-4-2-1-3-5-7/h1-5,10H,6,9H2,(H,11,12). The molecule has 7 heteroatoms. The van der Waals surface area contributed by atoms with E-state index in [1.165, 1.54) is 12.1 Å². The normalized spacial score (nSPS) is 11.0. The lowest BCUT2D eigenvalue weighted by Crippen LogP contribution is -2.40. The van der Waals surface area contributed by atoms with Crippen molar-refractivity contribution in [1.29, 1.82) is 0 Å². The molecule has 1 amide bonds. The molecule has 6 nitrogen and oxygen atoms in total. The predicted octanol–water partition coefficient (Wildman–Crippen LogP) is -1.05. The highest BCUT2D eigenvalue weighted by Crippen LogP contribution is 2.06. The summed E-state index contributed by atoms with van der Waals surface area (Å²) < 4.78 is 25.1. The number of benzene rings is 1. The molecule has 0 saturated heterocycles. The summed E-state index contributed by atoms with van der Waals surface area (Å²) in [6.07, 6.45) is 0. The van der Waals surface area contributed by atoms with E-state index in [4.69, 9.17) is 5.84 Å². The van der Waals surface area contributed by atoms with Crippen LogP contribution in [0.15, 0.2) is 35.2 Å². The van der Waals surface area contributed by atoms with Gasteiger partial charge in [-0.15, -0.1) is 0 Å². The van der Waals surface area contributed by atoms with Gasteiger partial charge in [0, 0.05) is 0 Å². The van der Waals surface area contributed by atoms with Crippen molar-refractivity contribution in [1.82, 2.24) is 10.1 Å². The Morgan fingerprint density at radius 1 is 1.27 bits per heavy atom. The molecule has 0 fully saturated rings. The van der Waals surface area contributed by atoms with Gasteiger partial charge in [-0.05, 0) is 12.1 Å². The molecule has 0 radical (unpaired) electrons. The van der Waals surface area contributed by atoms with E-state index in [2.05, 4.69) is 4.72 Å². The number of hydrogen-bond donors (Lipinski definition) is 3. The van der Waals surface area contributed by atoms with Gasteiger partial charge in [-0.3, -0.25) is 10.2 Å². The summed E-state index contributed by atoms with van der Waals surface area (Å²) in [6, 6.07) is 7.76. The molecule has 1 aromatic carbocycles. The fraction of sp³-hybridized carbons (Fsp3) is 0.125. The minimum atomic E-state index is -3.63. The van der Waals surface area contributed by atoms with Crippen LogP contribution >= 0.6 is 0 Å². The highest BCUT2D eigenvalue weighted by molar-refractivity contribution is 7.89. The number of hydrogen-bond acceptors (Lipinski definition) is 4. The quantitative estimate of drug-likeness (QED) is 0.348. The number of carbonyl (C=O) groups excluding carboxylic acids is 1. The summed E-state index contributed by atoms with van der Waals surface area (Å²) >= 11 is 0. The molecule has 0 aromatic heterocycles. The zero-order chi connectivity index (χ0) is 11.3. The third-order valence-corrected chi connectivity index (χ3v) is 3.05. The zero-order valence-electron chi connectivity index (χ0n) is 7.80. The van der Waals surface area contributed by atoms with Crippen molar-refractivity contribution in [2.24, 2.45) is 5.84 Å². The first kappa shape index (κ1) is 11.6. The van der Waals surface area contributed by atoms with Gasteiger partial charge >= 0.3 is 0 Å². The molecule has 4 N–H and O–H groups in total. The number of carbonyl (C=O) groups is 1. The van der Waals surface area contributed by atoms with Gasteiger partial charge in [0.2, 0.25) is 15.9 Å². The van der Waals surface area contributed by atoms with Crippen LogP contribution < -0.4 is 16.0 Å². The van der Waals surface area contributed by atoms with Crippen LogP contribution in [0.4, 0.5) is 0 Å². The Morgan fingerprint density at radius 3 is 2.40 bits per heavy atom. The maximum atomic E-state index is 11.5. The molecule has 1 aromatic rings. The Kier molecular flexibility index (Phi) is 3.78. The second-order valence-corrected chi connectivity index (χ2v) is 4.47. The van der Waals surface area contributed by atoms with Crippen LogP contribution in [-0.2, 0) is 14.8 Å². The fourth-order valence-electron chi connectivity index (χ4n) is 0.895. The van der Waals surface area contributed by atoms with Crippen molar-refractivity contribution in [3.8, 4) is 0 Å². The lowest BCUT2D eigenvalue weighted by molar-refractivity contribution is -0.120. The molecule has 0 aliphatic heterocycles. The average molecular weight is 229 g/mol. The first-order valence-corrected chi connectivity index (χ1v) is 5.59. The molecule has 82 valence electrons. The summed E-state index contributed by atoms with van der Waals surface area (Å²) in [7, 11) is -3.63. The third kappa shape index (κ3) is 3.31. The fourth-order valence-corrected chi connectivity index (χ4v) is 1.90. The van der Waals surface area contributed by atoms with Crippen molar-refractivity contribution in [3.63, 3.8) is 0 Å². The smallest absolute Gasteiger partial charge is 0.248 e. The Morgan fingerprint density at radius 2 is 1.87 bits per heavy atom. The van der Waals surface area contributed by atoms with E-state index in [0.29, 0.717) is 0 Å². The van der Waals surface area contributed by atoms with E-state index < -0.39 is 15.9 Å². The van der Waals surface area contributed by atoms with Crippen LogP contribution in [-0.4, -0.2) is 20.9 Å². The monoisotopic (exact) mass is 229 g/mol. The van der Waals surface area contributed by atoms with Gasteiger partial charge in [0.25, 0.3) is 0 Å². The summed E-state index contributed by atoms with van der Waals surface area (Å²) in [5.74, 6) is 4.20. The van der Waals surface area contributed by atoms with Gasteiger partial charge in [-0.25, -0.2) is 19.0 Å².